The van der Waals surface area contributed by atoms with Crippen LogP contribution >= 0.6 is 27.3 Å². The molecular formula is C27H31BrN2O7S. The van der Waals surface area contributed by atoms with E-state index in [1.54, 1.807) is 11.7 Å². The zero-order chi connectivity index (χ0) is 27.0. The van der Waals surface area contributed by atoms with Gasteiger partial charge in [-0.2, -0.15) is 0 Å². The van der Waals surface area contributed by atoms with Gasteiger partial charge in [-0.15, -0.1) is 11.3 Å². The minimum atomic E-state index is -1.30. The molecule has 9 nitrogen and oxygen atoms in total. The van der Waals surface area contributed by atoms with Crippen LogP contribution in [0.3, 0.4) is 0 Å². The van der Waals surface area contributed by atoms with Gasteiger partial charge in [0.05, 0.1) is 36.0 Å². The van der Waals surface area contributed by atoms with Gasteiger partial charge in [-0.25, -0.2) is 14.2 Å². The first-order valence-corrected chi connectivity index (χ1v) is 14.3. The van der Waals surface area contributed by atoms with Crippen molar-refractivity contribution in [3.05, 3.63) is 60.0 Å². The van der Waals surface area contributed by atoms with Crippen LogP contribution in [0.5, 0.6) is 5.75 Å². The Morgan fingerprint density at radius 3 is 2.55 bits per heavy atom. The highest BCUT2D eigenvalue weighted by molar-refractivity contribution is 9.11. The summed E-state index contributed by atoms with van der Waals surface area (Å²) >= 11 is 4.89. The third kappa shape index (κ3) is 4.53. The summed E-state index contributed by atoms with van der Waals surface area (Å²) < 4.78 is 26.3. The van der Waals surface area contributed by atoms with E-state index in [-0.39, 0.29) is 12.6 Å². The minimum Gasteiger partial charge on any atom is -0.496 e. The summed E-state index contributed by atoms with van der Waals surface area (Å²) in [5, 5.41) is 0.418. The molecule has 1 aliphatic heterocycles. The molecule has 3 heterocycles. The third-order valence-electron chi connectivity index (χ3n) is 7.69. The number of thiophene rings is 1. The summed E-state index contributed by atoms with van der Waals surface area (Å²) in [6, 6.07) is 7.58. The van der Waals surface area contributed by atoms with Crippen LogP contribution in [-0.4, -0.2) is 48.6 Å². The molecule has 2 aromatic heterocycles. The van der Waals surface area contributed by atoms with Gasteiger partial charge in [0.2, 0.25) is 0 Å². The van der Waals surface area contributed by atoms with Crippen molar-refractivity contribution in [2.24, 2.45) is 0 Å². The third-order valence-corrected chi connectivity index (χ3v) is 9.87. The van der Waals surface area contributed by atoms with E-state index in [0.717, 1.165) is 38.7 Å². The molecule has 38 heavy (non-hydrogen) atoms. The monoisotopic (exact) mass is 606 g/mol. The summed E-state index contributed by atoms with van der Waals surface area (Å²) in [5.74, 6) is 0.0799. The summed E-state index contributed by atoms with van der Waals surface area (Å²) in [6.45, 7) is 3.19. The number of rotatable bonds is 8. The lowest BCUT2D eigenvalue weighted by Gasteiger charge is -2.40. The van der Waals surface area contributed by atoms with Crippen molar-refractivity contribution in [1.29, 1.82) is 0 Å². The second kappa shape index (κ2) is 11.0. The molecule has 0 bridgehead atoms. The van der Waals surface area contributed by atoms with Crippen LogP contribution in [0.4, 0.5) is 0 Å². The fourth-order valence-electron chi connectivity index (χ4n) is 5.44. The molecule has 0 radical (unpaired) electrons. The van der Waals surface area contributed by atoms with E-state index in [4.69, 9.17) is 18.9 Å². The predicted octanol–water partition coefficient (Wildman–Crippen LogP) is 4.29. The van der Waals surface area contributed by atoms with Gasteiger partial charge in [0.15, 0.2) is 0 Å². The largest absolute Gasteiger partial charge is 0.496 e. The zero-order valence-corrected chi connectivity index (χ0v) is 24.1. The number of benzene rings is 1. The number of para-hydroxylation sites is 1. The van der Waals surface area contributed by atoms with E-state index < -0.39 is 28.9 Å². The van der Waals surface area contributed by atoms with Gasteiger partial charge in [0.25, 0.3) is 5.56 Å². The molecule has 1 saturated heterocycles. The highest BCUT2D eigenvalue weighted by Crippen LogP contribution is 2.40. The number of aryl methyl sites for hydroxylation is 1. The average molecular weight is 608 g/mol. The van der Waals surface area contributed by atoms with Crippen LogP contribution in [0.25, 0.3) is 10.2 Å². The topological polar surface area (TPSA) is 98.0 Å². The minimum absolute atomic E-state index is 0.0550. The Morgan fingerprint density at radius 2 is 1.92 bits per heavy atom. The Balaban J connectivity index is 1.71. The van der Waals surface area contributed by atoms with Gasteiger partial charge in [0, 0.05) is 18.8 Å². The van der Waals surface area contributed by atoms with E-state index in [0.29, 0.717) is 42.0 Å². The molecule has 2 aliphatic rings. The first-order valence-electron chi connectivity index (χ1n) is 12.7. The van der Waals surface area contributed by atoms with Crippen LogP contribution in [0.1, 0.15) is 49.3 Å². The molecule has 3 aromatic rings. The Labute approximate surface area is 232 Å². The van der Waals surface area contributed by atoms with Gasteiger partial charge in [-0.05, 0) is 66.6 Å². The van der Waals surface area contributed by atoms with Crippen LogP contribution < -0.4 is 16.0 Å². The van der Waals surface area contributed by atoms with Crippen LogP contribution in [0.15, 0.2) is 37.6 Å². The Kier molecular flexibility index (Phi) is 7.82. The number of hydrogen-bond acceptors (Lipinski definition) is 8. The number of fused-ring (bicyclic) bond motifs is 1. The van der Waals surface area contributed by atoms with E-state index in [2.05, 4.69) is 15.9 Å². The Hall–Kier alpha value is -2.47. The van der Waals surface area contributed by atoms with Gasteiger partial charge in [0.1, 0.15) is 22.2 Å². The second-order valence-corrected chi connectivity index (χ2v) is 12.1. The van der Waals surface area contributed by atoms with Crippen LogP contribution in [0.2, 0.25) is 0 Å². The van der Waals surface area contributed by atoms with Crippen molar-refractivity contribution in [3.63, 3.8) is 0 Å². The number of carbonyl (C=O) groups excluding carboxylic acids is 1. The maximum absolute atomic E-state index is 14.2. The molecule has 5 rings (SSSR count). The van der Waals surface area contributed by atoms with Crippen molar-refractivity contribution in [1.82, 2.24) is 9.13 Å². The number of nitrogens with zero attached hydrogens (tertiary/aromatic N) is 2. The number of ether oxygens (including phenoxy) is 4. The Bertz CT molecular complexity index is 1470. The molecule has 0 unspecified atom stereocenters. The number of carbonyl (C=O) groups is 1. The lowest BCUT2D eigenvalue weighted by atomic mass is 9.76. The molecule has 1 atom stereocenters. The van der Waals surface area contributed by atoms with E-state index in [1.165, 1.54) is 18.4 Å². The smallest absolute Gasteiger partial charge is 0.333 e. The Morgan fingerprint density at radius 1 is 1.21 bits per heavy atom. The van der Waals surface area contributed by atoms with Crippen LogP contribution in [-0.2, 0) is 31.1 Å². The fourth-order valence-corrected chi connectivity index (χ4v) is 7.12. The lowest BCUT2D eigenvalue weighted by Crippen LogP contribution is -2.59. The first kappa shape index (κ1) is 27.1. The van der Waals surface area contributed by atoms with Crippen molar-refractivity contribution in [2.75, 3.05) is 27.4 Å². The number of aromatic nitrogens is 2. The number of esters is 1. The quantitative estimate of drug-likeness (QED) is 0.353. The highest BCUT2D eigenvalue weighted by Gasteiger charge is 2.50. The van der Waals surface area contributed by atoms with Crippen molar-refractivity contribution >= 4 is 43.5 Å². The maximum atomic E-state index is 14.2. The summed E-state index contributed by atoms with van der Waals surface area (Å²) in [4.78, 5) is 41.5. The van der Waals surface area contributed by atoms with Crippen molar-refractivity contribution in [2.45, 2.75) is 63.3 Å². The van der Waals surface area contributed by atoms with Gasteiger partial charge in [-0.3, -0.25) is 9.36 Å². The van der Waals surface area contributed by atoms with E-state index in [1.807, 2.05) is 31.2 Å². The maximum Gasteiger partial charge on any atom is 0.333 e. The SMILES string of the molecule is COC(=O)C1(n2c(=O)c3c(C)c(Br)sc3n(C[C@H](OC3CCOCC3)c3ccccc3OC)c2=O)CCC1. The molecule has 11 heteroatoms. The zero-order valence-electron chi connectivity index (χ0n) is 21.7. The fraction of sp³-hybridized carbons (Fsp3) is 0.519. The summed E-state index contributed by atoms with van der Waals surface area (Å²) in [6.07, 6.45) is 2.36. The number of halogens is 1. The van der Waals surface area contributed by atoms with E-state index in [9.17, 15) is 14.4 Å². The van der Waals surface area contributed by atoms with Crippen LogP contribution in [0, 0.1) is 6.92 Å². The summed E-state index contributed by atoms with van der Waals surface area (Å²) in [5.41, 5.74) is -0.780. The molecule has 1 saturated carbocycles. The molecular weight excluding hydrogens is 576 g/mol. The van der Waals surface area contributed by atoms with Gasteiger partial charge >= 0.3 is 11.7 Å². The normalized spacial score (nSPS) is 18.2. The average Bonchev–Trinajstić information content (AvgIpc) is 3.21. The second-order valence-electron chi connectivity index (χ2n) is 9.77. The first-order chi connectivity index (χ1) is 18.3. The molecule has 1 aromatic carbocycles. The number of methoxy groups -OCH3 is 2. The molecule has 0 N–H and O–H groups in total. The number of hydrogen-bond donors (Lipinski definition) is 0. The van der Waals surface area contributed by atoms with Gasteiger partial charge < -0.3 is 18.9 Å². The molecule has 2 fully saturated rings. The molecule has 1 aliphatic carbocycles. The standard InChI is InChI=1S/C27H31BrN2O7S/c1-16-21-23(31)30(27(11-6-12-27)25(32)35-3)26(33)29(24(21)38-22(16)28)15-20(37-17-9-13-36-14-10-17)18-7-4-5-8-19(18)34-2/h4-5,7-8,17,20H,6,9-15H2,1-3H3/t20-/m0/s1. The molecule has 204 valence electrons. The van der Waals surface area contributed by atoms with Crippen molar-refractivity contribution < 1.29 is 23.7 Å². The summed E-state index contributed by atoms with van der Waals surface area (Å²) in [7, 11) is 2.89. The lowest BCUT2D eigenvalue weighted by molar-refractivity contribution is -0.157. The van der Waals surface area contributed by atoms with Gasteiger partial charge in [-0.1, -0.05) is 18.2 Å². The predicted molar refractivity (Wildman–Crippen MR) is 147 cm³/mol. The molecule has 0 spiro atoms. The van der Waals surface area contributed by atoms with E-state index >= 15 is 0 Å². The molecule has 0 amide bonds. The highest BCUT2D eigenvalue weighted by atomic mass is 79.9. The van der Waals surface area contributed by atoms with Crippen molar-refractivity contribution in [3.8, 4) is 5.75 Å².